The van der Waals surface area contributed by atoms with Gasteiger partial charge in [-0.3, -0.25) is 9.59 Å². The fourth-order valence-electron chi connectivity index (χ4n) is 4.23. The molecule has 1 atom stereocenters. The van der Waals surface area contributed by atoms with Gasteiger partial charge in [-0.15, -0.1) is 0 Å². The van der Waals surface area contributed by atoms with Gasteiger partial charge in [0.15, 0.2) is 5.82 Å². The number of aliphatic carboxylic acids is 1. The van der Waals surface area contributed by atoms with E-state index in [-0.39, 0.29) is 31.2 Å². The summed E-state index contributed by atoms with van der Waals surface area (Å²) in [6.07, 6.45) is -1.24. The van der Waals surface area contributed by atoms with Gasteiger partial charge < -0.3 is 25.2 Å². The molecule has 3 N–H and O–H groups in total. The normalized spacial score (nSPS) is 12.9. The molecule has 1 heterocycles. The van der Waals surface area contributed by atoms with E-state index in [1.807, 2.05) is 48.5 Å². The van der Waals surface area contributed by atoms with E-state index in [0.29, 0.717) is 5.88 Å². The number of amides is 2. The average molecular weight is 479 g/mol. The Kier molecular flexibility index (Phi) is 7.00. The number of nitrogens with one attached hydrogen (secondary N) is 2. The molecule has 3 aromatic rings. The van der Waals surface area contributed by atoms with Gasteiger partial charge in [0, 0.05) is 25.5 Å². The van der Waals surface area contributed by atoms with Gasteiger partial charge in [-0.1, -0.05) is 48.5 Å². The highest BCUT2D eigenvalue weighted by Crippen LogP contribution is 2.44. The Balaban J connectivity index is 1.42. The quantitative estimate of drug-likeness (QED) is 0.430. The number of methoxy groups -OCH3 is 1. The van der Waals surface area contributed by atoms with Gasteiger partial charge in [-0.05, 0) is 28.7 Å². The molecule has 35 heavy (non-hydrogen) atoms. The Morgan fingerprint density at radius 1 is 1.09 bits per heavy atom. The summed E-state index contributed by atoms with van der Waals surface area (Å²) in [5, 5.41) is 18.2. The van der Waals surface area contributed by atoms with Crippen LogP contribution in [0.25, 0.3) is 11.1 Å². The van der Waals surface area contributed by atoms with Crippen LogP contribution in [0, 0.1) is 0 Å². The van der Waals surface area contributed by atoms with Gasteiger partial charge in [0.2, 0.25) is 11.8 Å². The Hall–Kier alpha value is -4.34. The molecule has 0 aliphatic heterocycles. The lowest BCUT2D eigenvalue weighted by atomic mass is 9.98. The number of aromatic nitrogens is 2. The second kappa shape index (κ2) is 10.3. The van der Waals surface area contributed by atoms with Crippen molar-refractivity contribution in [2.45, 2.75) is 24.8 Å². The zero-order chi connectivity index (χ0) is 24.9. The molecule has 0 spiro atoms. The smallest absolute Gasteiger partial charge is 0.407 e. The summed E-state index contributed by atoms with van der Waals surface area (Å²) >= 11 is 0. The number of nitrogens with zero attached hydrogens (tertiary/aromatic N) is 2. The minimum Gasteiger partial charge on any atom is -0.481 e. The van der Waals surface area contributed by atoms with Crippen LogP contribution in [-0.2, 0) is 21.4 Å². The molecule has 2 aromatic carbocycles. The maximum absolute atomic E-state index is 12.8. The van der Waals surface area contributed by atoms with Gasteiger partial charge in [-0.2, -0.15) is 5.10 Å². The van der Waals surface area contributed by atoms with Gasteiger partial charge in [-0.25, -0.2) is 9.48 Å². The lowest BCUT2D eigenvalue weighted by molar-refractivity contribution is -0.137. The molecular formula is C25H26N4O6. The van der Waals surface area contributed by atoms with E-state index >= 15 is 0 Å². The van der Waals surface area contributed by atoms with Crippen molar-refractivity contribution in [1.29, 1.82) is 0 Å². The molecule has 1 aliphatic rings. The SMILES string of the molecule is COc1cc(NC(=O)C(CCC(=O)O)NC(=O)OCC2c3ccccc3-c3ccccc32)nn1C. The first-order valence-corrected chi connectivity index (χ1v) is 11.1. The fraction of sp³-hybridized carbons (Fsp3) is 0.280. The van der Waals surface area contributed by atoms with E-state index in [0.717, 1.165) is 22.3 Å². The first-order valence-electron chi connectivity index (χ1n) is 11.1. The summed E-state index contributed by atoms with van der Waals surface area (Å²) in [6.45, 7) is 0.0740. The molecule has 1 aromatic heterocycles. The average Bonchev–Trinajstić information content (AvgIpc) is 3.36. The molecule has 1 aliphatic carbocycles. The van der Waals surface area contributed by atoms with Crippen LogP contribution in [0.5, 0.6) is 5.88 Å². The predicted octanol–water partition coefficient (Wildman–Crippen LogP) is 3.14. The van der Waals surface area contributed by atoms with Gasteiger partial charge in [0.1, 0.15) is 12.6 Å². The molecule has 1 unspecified atom stereocenters. The summed E-state index contributed by atoms with van der Waals surface area (Å²) in [7, 11) is 3.11. The van der Waals surface area contributed by atoms with Crippen molar-refractivity contribution in [3.05, 3.63) is 65.7 Å². The molecule has 0 radical (unpaired) electrons. The minimum absolute atomic E-state index is 0.0740. The number of rotatable bonds is 9. The third kappa shape index (κ3) is 5.26. The molecular weight excluding hydrogens is 452 g/mol. The number of benzene rings is 2. The zero-order valence-electron chi connectivity index (χ0n) is 19.4. The monoisotopic (exact) mass is 478 g/mol. The van der Waals surface area contributed by atoms with E-state index in [1.165, 1.54) is 17.9 Å². The number of hydrogen-bond acceptors (Lipinski definition) is 6. The van der Waals surface area contributed by atoms with Crippen LogP contribution in [0.1, 0.15) is 29.9 Å². The molecule has 182 valence electrons. The second-order valence-electron chi connectivity index (χ2n) is 8.14. The highest BCUT2D eigenvalue weighted by atomic mass is 16.5. The van der Waals surface area contributed by atoms with Crippen molar-refractivity contribution in [2.75, 3.05) is 19.0 Å². The third-order valence-corrected chi connectivity index (χ3v) is 5.90. The fourth-order valence-corrected chi connectivity index (χ4v) is 4.23. The summed E-state index contributed by atoms with van der Waals surface area (Å²) in [6, 6.07) is 16.3. The highest BCUT2D eigenvalue weighted by Gasteiger charge is 2.30. The van der Waals surface area contributed by atoms with E-state index in [4.69, 9.17) is 14.6 Å². The first-order chi connectivity index (χ1) is 16.9. The molecule has 10 nitrogen and oxygen atoms in total. The molecule has 0 bridgehead atoms. The van der Waals surface area contributed by atoms with Crippen LogP contribution in [0.2, 0.25) is 0 Å². The van der Waals surface area contributed by atoms with Crippen molar-refractivity contribution < 1.29 is 29.0 Å². The van der Waals surface area contributed by atoms with E-state index in [1.54, 1.807) is 7.05 Å². The van der Waals surface area contributed by atoms with Crippen LogP contribution in [0.4, 0.5) is 10.6 Å². The van der Waals surface area contributed by atoms with Gasteiger partial charge in [0.05, 0.1) is 7.11 Å². The van der Waals surface area contributed by atoms with Crippen molar-refractivity contribution in [1.82, 2.24) is 15.1 Å². The van der Waals surface area contributed by atoms with Crippen molar-refractivity contribution >= 4 is 23.8 Å². The lowest BCUT2D eigenvalue weighted by Crippen LogP contribution is -2.44. The molecule has 0 saturated heterocycles. The number of alkyl carbamates (subject to hydrolysis) is 1. The number of hydrogen-bond donors (Lipinski definition) is 3. The van der Waals surface area contributed by atoms with Crippen molar-refractivity contribution in [2.24, 2.45) is 7.05 Å². The van der Waals surface area contributed by atoms with Crippen LogP contribution in [0.15, 0.2) is 54.6 Å². The number of carboxylic acid groups (broad SMARTS) is 1. The predicted molar refractivity (Wildman–Crippen MR) is 127 cm³/mol. The standard InChI is InChI=1S/C25H26N4O6/c1-29-22(34-2)13-21(28-29)27-24(32)20(11-12-23(30)31)26-25(33)35-14-19-17-9-5-3-7-15(17)16-8-4-6-10-18(16)19/h3-10,13,19-20H,11-12,14H2,1-2H3,(H,26,33)(H,30,31)(H,27,28,32). The highest BCUT2D eigenvalue weighted by molar-refractivity contribution is 5.96. The third-order valence-electron chi connectivity index (χ3n) is 5.90. The molecule has 0 fully saturated rings. The Morgan fingerprint density at radius 3 is 2.29 bits per heavy atom. The van der Waals surface area contributed by atoms with E-state index in [9.17, 15) is 14.4 Å². The minimum atomic E-state index is -1.13. The van der Waals surface area contributed by atoms with Crippen molar-refractivity contribution in [3.8, 4) is 17.0 Å². The Labute approximate surface area is 201 Å². The second-order valence-corrected chi connectivity index (χ2v) is 8.14. The number of carbonyl (C=O) groups excluding carboxylic acids is 2. The molecule has 2 amide bonds. The van der Waals surface area contributed by atoms with Crippen LogP contribution in [-0.4, -0.2) is 52.6 Å². The summed E-state index contributed by atoms with van der Waals surface area (Å²) < 4.78 is 12.1. The van der Waals surface area contributed by atoms with Crippen LogP contribution < -0.4 is 15.4 Å². The maximum Gasteiger partial charge on any atom is 0.407 e. The summed E-state index contributed by atoms with van der Waals surface area (Å²) in [5.41, 5.74) is 4.32. The summed E-state index contributed by atoms with van der Waals surface area (Å²) in [5.74, 6) is -1.20. The molecule has 0 saturated carbocycles. The van der Waals surface area contributed by atoms with Crippen LogP contribution >= 0.6 is 0 Å². The molecule has 10 heteroatoms. The first kappa shape index (κ1) is 23.8. The van der Waals surface area contributed by atoms with Crippen molar-refractivity contribution in [3.63, 3.8) is 0 Å². The van der Waals surface area contributed by atoms with Crippen LogP contribution in [0.3, 0.4) is 0 Å². The van der Waals surface area contributed by atoms with Gasteiger partial charge >= 0.3 is 12.1 Å². The summed E-state index contributed by atoms with van der Waals surface area (Å²) in [4.78, 5) is 36.5. The lowest BCUT2D eigenvalue weighted by Gasteiger charge is -2.19. The Bertz CT molecular complexity index is 1210. The zero-order valence-corrected chi connectivity index (χ0v) is 19.4. The van der Waals surface area contributed by atoms with E-state index in [2.05, 4.69) is 15.7 Å². The number of fused-ring (bicyclic) bond motifs is 3. The topological polar surface area (TPSA) is 132 Å². The number of carboxylic acids is 1. The van der Waals surface area contributed by atoms with E-state index < -0.39 is 24.0 Å². The maximum atomic E-state index is 12.8. The van der Waals surface area contributed by atoms with Gasteiger partial charge in [0.25, 0.3) is 0 Å². The number of anilines is 1. The molecule has 4 rings (SSSR count). The largest absolute Gasteiger partial charge is 0.481 e. The number of carbonyl (C=O) groups is 3. The number of aryl methyl sites for hydroxylation is 1. The Morgan fingerprint density at radius 2 is 1.71 bits per heavy atom. The number of ether oxygens (including phenoxy) is 2.